The molecule has 19 heavy (non-hydrogen) atoms. The summed E-state index contributed by atoms with van der Waals surface area (Å²) in [6, 6.07) is 3.00. The first-order valence-electron chi connectivity index (χ1n) is 5.80. The number of rotatable bonds is 3. The second-order valence-corrected chi connectivity index (χ2v) is 5.69. The Labute approximate surface area is 126 Å². The average molecular weight is 324 g/mol. The van der Waals surface area contributed by atoms with Crippen molar-refractivity contribution in [1.82, 2.24) is 4.90 Å². The van der Waals surface area contributed by atoms with E-state index in [0.717, 1.165) is 0 Å². The second kappa shape index (κ2) is 6.29. The van der Waals surface area contributed by atoms with Crippen LogP contribution in [0.4, 0.5) is 5.69 Å². The third-order valence-electron chi connectivity index (χ3n) is 2.90. The Hall–Kier alpha value is -0.520. The fourth-order valence-electron chi connectivity index (χ4n) is 1.97. The lowest BCUT2D eigenvalue weighted by Gasteiger charge is -2.15. The maximum atomic E-state index is 11.9. The van der Waals surface area contributed by atoms with Crippen LogP contribution < -0.4 is 5.32 Å². The number of aliphatic hydroxyl groups excluding tert-OH is 1. The van der Waals surface area contributed by atoms with Gasteiger partial charge in [0.2, 0.25) is 5.91 Å². The molecule has 0 unspecified atom stereocenters. The third-order valence-corrected chi connectivity index (χ3v) is 3.93. The average Bonchev–Trinajstić information content (AvgIpc) is 2.71. The summed E-state index contributed by atoms with van der Waals surface area (Å²) >= 11 is 17.7. The highest BCUT2D eigenvalue weighted by atomic mass is 35.5. The van der Waals surface area contributed by atoms with Gasteiger partial charge in [-0.25, -0.2) is 0 Å². The van der Waals surface area contributed by atoms with Gasteiger partial charge in [-0.3, -0.25) is 9.69 Å². The molecular weight excluding hydrogens is 311 g/mol. The normalized spacial score (nSPS) is 19.7. The molecule has 4 nitrogen and oxygen atoms in total. The highest BCUT2D eigenvalue weighted by Gasteiger charge is 2.22. The van der Waals surface area contributed by atoms with E-state index in [4.69, 9.17) is 34.8 Å². The molecule has 0 aromatic heterocycles. The molecule has 0 radical (unpaired) electrons. The minimum Gasteiger partial charge on any atom is -0.392 e. The lowest BCUT2D eigenvalue weighted by Crippen LogP contribution is -2.32. The van der Waals surface area contributed by atoms with E-state index >= 15 is 0 Å². The predicted molar refractivity (Wildman–Crippen MR) is 77.2 cm³/mol. The molecule has 1 aromatic carbocycles. The number of carbonyl (C=O) groups excluding carboxylic acids is 1. The molecule has 1 fully saturated rings. The smallest absolute Gasteiger partial charge is 0.238 e. The molecule has 1 atom stereocenters. The maximum Gasteiger partial charge on any atom is 0.238 e. The number of β-amino-alcohol motifs (C(OH)–C–C–N with tert-alkyl or cyclic N) is 1. The molecule has 7 heteroatoms. The zero-order chi connectivity index (χ0) is 14.0. The van der Waals surface area contributed by atoms with Crippen LogP contribution in [-0.2, 0) is 4.79 Å². The molecule has 104 valence electrons. The summed E-state index contributed by atoms with van der Waals surface area (Å²) in [7, 11) is 0. The van der Waals surface area contributed by atoms with Gasteiger partial charge in [0.1, 0.15) is 0 Å². The molecular formula is C12H13Cl3N2O2. The van der Waals surface area contributed by atoms with Gasteiger partial charge >= 0.3 is 0 Å². The van der Waals surface area contributed by atoms with Gasteiger partial charge in [0.05, 0.1) is 33.4 Å². The van der Waals surface area contributed by atoms with E-state index in [2.05, 4.69) is 5.32 Å². The van der Waals surface area contributed by atoms with Crippen LogP contribution in [0.1, 0.15) is 6.42 Å². The molecule has 2 rings (SSSR count). The van der Waals surface area contributed by atoms with Gasteiger partial charge in [0.25, 0.3) is 0 Å². The molecule has 0 bridgehead atoms. The fourth-order valence-corrected chi connectivity index (χ4v) is 2.56. The number of anilines is 1. The Kier molecular flexibility index (Phi) is 4.92. The van der Waals surface area contributed by atoms with Crippen molar-refractivity contribution in [1.29, 1.82) is 0 Å². The van der Waals surface area contributed by atoms with E-state index in [0.29, 0.717) is 40.3 Å². The Bertz CT molecular complexity index is 496. The summed E-state index contributed by atoms with van der Waals surface area (Å²) in [6.45, 7) is 1.44. The summed E-state index contributed by atoms with van der Waals surface area (Å²) in [6.07, 6.45) is 0.349. The summed E-state index contributed by atoms with van der Waals surface area (Å²) in [5.74, 6) is -0.200. The van der Waals surface area contributed by atoms with Crippen LogP contribution in [0.3, 0.4) is 0 Å². The van der Waals surface area contributed by atoms with E-state index in [1.165, 1.54) is 12.1 Å². The number of likely N-dealkylation sites (tertiary alicyclic amines) is 1. The maximum absolute atomic E-state index is 11.9. The number of aliphatic hydroxyl groups is 1. The molecule has 2 N–H and O–H groups in total. The Balaban J connectivity index is 1.97. The molecule has 1 heterocycles. The molecule has 1 amide bonds. The van der Waals surface area contributed by atoms with Crippen molar-refractivity contribution in [2.24, 2.45) is 0 Å². The van der Waals surface area contributed by atoms with Crippen LogP contribution in [0, 0.1) is 0 Å². The molecule has 1 aliphatic rings. The van der Waals surface area contributed by atoms with Gasteiger partial charge in [-0.15, -0.1) is 0 Å². The van der Waals surface area contributed by atoms with Gasteiger partial charge in [-0.1, -0.05) is 34.8 Å². The first kappa shape index (κ1) is 14.9. The van der Waals surface area contributed by atoms with Crippen molar-refractivity contribution in [2.75, 3.05) is 25.0 Å². The molecule has 0 saturated carbocycles. The minimum absolute atomic E-state index is 0.200. The monoisotopic (exact) mass is 322 g/mol. The van der Waals surface area contributed by atoms with Gasteiger partial charge in [-0.2, -0.15) is 0 Å². The number of carbonyl (C=O) groups is 1. The summed E-state index contributed by atoms with van der Waals surface area (Å²) in [5.41, 5.74) is 0.431. The number of nitrogens with zero attached hydrogens (tertiary/aromatic N) is 1. The molecule has 1 saturated heterocycles. The topological polar surface area (TPSA) is 52.6 Å². The Morgan fingerprint density at radius 3 is 2.63 bits per heavy atom. The van der Waals surface area contributed by atoms with Crippen LogP contribution in [0.2, 0.25) is 15.1 Å². The SMILES string of the molecule is O=C(CN1CC[C@H](O)C1)Nc1cc(Cl)c(Cl)cc1Cl. The van der Waals surface area contributed by atoms with Crippen LogP contribution in [0.15, 0.2) is 12.1 Å². The van der Waals surface area contributed by atoms with Gasteiger partial charge in [-0.05, 0) is 18.6 Å². The van der Waals surface area contributed by atoms with Crippen LogP contribution in [0.25, 0.3) is 0 Å². The number of halogens is 3. The van der Waals surface area contributed by atoms with Gasteiger partial charge in [0.15, 0.2) is 0 Å². The molecule has 0 spiro atoms. The number of amides is 1. The number of benzene rings is 1. The Morgan fingerprint density at radius 1 is 1.32 bits per heavy atom. The van der Waals surface area contributed by atoms with Gasteiger partial charge < -0.3 is 10.4 Å². The Morgan fingerprint density at radius 2 is 2.00 bits per heavy atom. The first-order chi connectivity index (χ1) is 8.95. The van der Waals surface area contributed by atoms with E-state index in [9.17, 15) is 9.90 Å². The lowest BCUT2D eigenvalue weighted by atomic mass is 10.3. The summed E-state index contributed by atoms with van der Waals surface area (Å²) in [4.78, 5) is 13.7. The lowest BCUT2D eigenvalue weighted by molar-refractivity contribution is -0.117. The minimum atomic E-state index is -0.346. The highest BCUT2D eigenvalue weighted by Crippen LogP contribution is 2.32. The molecule has 1 aliphatic heterocycles. The van der Waals surface area contributed by atoms with E-state index in [-0.39, 0.29) is 18.6 Å². The zero-order valence-corrected chi connectivity index (χ0v) is 12.3. The van der Waals surface area contributed by atoms with Crippen LogP contribution >= 0.6 is 34.8 Å². The zero-order valence-electron chi connectivity index (χ0n) is 10.00. The highest BCUT2D eigenvalue weighted by molar-refractivity contribution is 6.44. The summed E-state index contributed by atoms with van der Waals surface area (Å²) in [5, 5.41) is 13.1. The number of hydrogen-bond acceptors (Lipinski definition) is 3. The van der Waals surface area contributed by atoms with Crippen LogP contribution in [-0.4, -0.2) is 41.7 Å². The molecule has 0 aliphatic carbocycles. The largest absolute Gasteiger partial charge is 0.392 e. The fraction of sp³-hybridized carbons (Fsp3) is 0.417. The number of nitrogens with one attached hydrogen (secondary N) is 1. The van der Waals surface area contributed by atoms with E-state index in [1.807, 2.05) is 4.90 Å². The van der Waals surface area contributed by atoms with E-state index < -0.39 is 0 Å². The van der Waals surface area contributed by atoms with Crippen molar-refractivity contribution in [3.63, 3.8) is 0 Å². The van der Waals surface area contributed by atoms with Gasteiger partial charge in [0, 0.05) is 13.1 Å². The number of hydrogen-bond donors (Lipinski definition) is 2. The quantitative estimate of drug-likeness (QED) is 0.841. The third kappa shape index (κ3) is 3.97. The standard InChI is InChI=1S/C12H13Cl3N2O2/c13-8-3-10(15)11(4-9(8)14)16-12(19)6-17-2-1-7(18)5-17/h3-4,7,18H,1-2,5-6H2,(H,16,19)/t7-/m0/s1. The van der Waals surface area contributed by atoms with Crippen molar-refractivity contribution in [2.45, 2.75) is 12.5 Å². The van der Waals surface area contributed by atoms with E-state index in [1.54, 1.807) is 0 Å². The van der Waals surface area contributed by atoms with Crippen LogP contribution in [0.5, 0.6) is 0 Å². The summed E-state index contributed by atoms with van der Waals surface area (Å²) < 4.78 is 0. The second-order valence-electron chi connectivity index (χ2n) is 4.47. The first-order valence-corrected chi connectivity index (χ1v) is 6.94. The van der Waals surface area contributed by atoms with Crippen molar-refractivity contribution < 1.29 is 9.90 Å². The molecule has 1 aromatic rings. The van der Waals surface area contributed by atoms with Crippen molar-refractivity contribution in [3.05, 3.63) is 27.2 Å². The van der Waals surface area contributed by atoms with Crippen molar-refractivity contribution >= 4 is 46.4 Å². The van der Waals surface area contributed by atoms with Crippen molar-refractivity contribution in [3.8, 4) is 0 Å². The predicted octanol–water partition coefficient (Wildman–Crippen LogP) is 2.65.